The first-order chi connectivity index (χ1) is 8.24. The molecule has 0 fully saturated rings. The molecule has 0 amide bonds. The molecule has 3 atom stereocenters. The molecule has 17 heavy (non-hydrogen) atoms. The van der Waals surface area contributed by atoms with E-state index in [0.717, 1.165) is 19.3 Å². The van der Waals surface area contributed by atoms with Gasteiger partial charge in [-0.3, -0.25) is 10.3 Å². The van der Waals surface area contributed by atoms with Crippen LogP contribution in [0.25, 0.3) is 0 Å². The van der Waals surface area contributed by atoms with Crippen molar-refractivity contribution >= 4 is 18.1 Å². The summed E-state index contributed by atoms with van der Waals surface area (Å²) >= 11 is 0. The summed E-state index contributed by atoms with van der Waals surface area (Å²) in [5.74, 6) is 0.788. The van der Waals surface area contributed by atoms with Crippen molar-refractivity contribution in [3.05, 3.63) is 0 Å². The van der Waals surface area contributed by atoms with E-state index < -0.39 is 0 Å². The van der Waals surface area contributed by atoms with Crippen LogP contribution in [0.5, 0.6) is 0 Å². The zero-order chi connectivity index (χ0) is 12.7. The Kier molecular flexibility index (Phi) is 6.05. The van der Waals surface area contributed by atoms with E-state index in [2.05, 4.69) is 35.4 Å². The average molecular weight is 236 g/mol. The highest BCUT2D eigenvalue weighted by Gasteiger charge is 2.31. The summed E-state index contributed by atoms with van der Waals surface area (Å²) in [7, 11) is 1.83. The van der Waals surface area contributed by atoms with Crippen LogP contribution >= 0.6 is 0 Å². The molecule has 0 spiro atoms. The monoisotopic (exact) mass is 236 g/mol. The average Bonchev–Trinajstić information content (AvgIpc) is 2.32. The number of hydrogen-bond donors (Lipinski definition) is 2. The molecular formula is C13H24N4. The third-order valence-electron chi connectivity index (χ3n) is 3.42. The summed E-state index contributed by atoms with van der Waals surface area (Å²) in [6.07, 6.45) is 6.61. The lowest BCUT2D eigenvalue weighted by Crippen LogP contribution is -2.49. The third-order valence-corrected chi connectivity index (χ3v) is 3.42. The minimum atomic E-state index is 0.343. The van der Waals surface area contributed by atoms with Gasteiger partial charge in [-0.2, -0.15) is 0 Å². The second kappa shape index (κ2) is 7.33. The van der Waals surface area contributed by atoms with Crippen LogP contribution in [0.1, 0.15) is 33.1 Å². The Bertz CT molecular complexity index is 296. The van der Waals surface area contributed by atoms with Crippen LogP contribution in [-0.4, -0.2) is 37.9 Å². The SMILES string of the molecule is CCCC(C=NC)C1NCN=C(C)C1CC=N. The second-order valence-corrected chi connectivity index (χ2v) is 4.59. The quantitative estimate of drug-likeness (QED) is 0.682. The molecule has 1 aliphatic heterocycles. The molecule has 0 aliphatic carbocycles. The molecule has 0 radical (unpaired) electrons. The van der Waals surface area contributed by atoms with Gasteiger partial charge in [0.05, 0.1) is 6.67 Å². The zero-order valence-corrected chi connectivity index (χ0v) is 11.1. The van der Waals surface area contributed by atoms with Crippen molar-refractivity contribution < 1.29 is 0 Å². The normalized spacial score (nSPS) is 26.9. The summed E-state index contributed by atoms with van der Waals surface area (Å²) in [5, 5.41) is 10.8. The van der Waals surface area contributed by atoms with Crippen LogP contribution in [0, 0.1) is 17.2 Å². The second-order valence-electron chi connectivity index (χ2n) is 4.59. The fraction of sp³-hybridized carbons (Fsp3) is 0.769. The number of nitrogens with one attached hydrogen (secondary N) is 2. The molecule has 4 nitrogen and oxygen atoms in total. The van der Waals surface area contributed by atoms with Crippen molar-refractivity contribution in [2.45, 2.75) is 39.2 Å². The minimum Gasteiger partial charge on any atom is -0.313 e. The molecule has 0 aromatic rings. The summed E-state index contributed by atoms with van der Waals surface area (Å²) in [6.45, 7) is 4.97. The minimum absolute atomic E-state index is 0.343. The Labute approximate surface area is 104 Å². The molecule has 0 aromatic carbocycles. The fourth-order valence-corrected chi connectivity index (χ4v) is 2.56. The van der Waals surface area contributed by atoms with Gasteiger partial charge in [0.15, 0.2) is 0 Å². The van der Waals surface area contributed by atoms with Crippen molar-refractivity contribution in [3.8, 4) is 0 Å². The number of hydrogen-bond acceptors (Lipinski definition) is 4. The summed E-state index contributed by atoms with van der Waals surface area (Å²) in [5.41, 5.74) is 1.17. The Hall–Kier alpha value is -1.03. The maximum atomic E-state index is 7.32. The zero-order valence-electron chi connectivity index (χ0n) is 11.1. The van der Waals surface area contributed by atoms with Crippen LogP contribution in [0.2, 0.25) is 0 Å². The van der Waals surface area contributed by atoms with Gasteiger partial charge >= 0.3 is 0 Å². The predicted molar refractivity (Wildman–Crippen MR) is 74.6 cm³/mol. The molecule has 0 bridgehead atoms. The topological polar surface area (TPSA) is 60.6 Å². The molecule has 3 unspecified atom stereocenters. The van der Waals surface area contributed by atoms with Crippen LogP contribution in [0.4, 0.5) is 0 Å². The highest BCUT2D eigenvalue weighted by Crippen LogP contribution is 2.23. The maximum Gasteiger partial charge on any atom is 0.0886 e. The maximum absolute atomic E-state index is 7.32. The molecule has 0 saturated carbocycles. The first-order valence-electron chi connectivity index (χ1n) is 6.40. The lowest BCUT2D eigenvalue weighted by Gasteiger charge is -2.35. The Morgan fingerprint density at radius 3 is 3.00 bits per heavy atom. The van der Waals surface area contributed by atoms with Crippen LogP contribution in [0.15, 0.2) is 9.98 Å². The fourth-order valence-electron chi connectivity index (χ4n) is 2.56. The lowest BCUT2D eigenvalue weighted by atomic mass is 9.81. The molecule has 96 valence electrons. The van der Waals surface area contributed by atoms with E-state index in [9.17, 15) is 0 Å². The van der Waals surface area contributed by atoms with Gasteiger partial charge in [-0.25, -0.2) is 0 Å². The third kappa shape index (κ3) is 3.73. The van der Waals surface area contributed by atoms with Gasteiger partial charge in [0.2, 0.25) is 0 Å². The van der Waals surface area contributed by atoms with Crippen molar-refractivity contribution in [3.63, 3.8) is 0 Å². The molecule has 1 rings (SSSR count). The lowest BCUT2D eigenvalue weighted by molar-refractivity contribution is 0.342. The van der Waals surface area contributed by atoms with E-state index in [4.69, 9.17) is 5.41 Å². The molecule has 2 N–H and O–H groups in total. The van der Waals surface area contributed by atoms with E-state index in [1.165, 1.54) is 11.9 Å². The predicted octanol–water partition coefficient (Wildman–Crippen LogP) is 2.15. The van der Waals surface area contributed by atoms with Crippen molar-refractivity contribution in [1.29, 1.82) is 5.41 Å². The molecule has 4 heteroatoms. The number of aliphatic imine (C=N–C) groups is 2. The standard InChI is InChI=1S/C13H24N4/c1-4-5-11(8-15-3)13-12(6-7-14)10(2)16-9-17-13/h7-8,11-14,17H,4-6,9H2,1-3H3. The van der Waals surface area contributed by atoms with E-state index in [-0.39, 0.29) is 0 Å². The first kappa shape index (κ1) is 14.0. The Morgan fingerprint density at radius 1 is 1.65 bits per heavy atom. The van der Waals surface area contributed by atoms with Crippen LogP contribution in [-0.2, 0) is 0 Å². The molecular weight excluding hydrogens is 212 g/mol. The Balaban J connectivity index is 2.83. The van der Waals surface area contributed by atoms with Crippen molar-refractivity contribution in [2.75, 3.05) is 13.7 Å². The summed E-state index contributed by atoms with van der Waals surface area (Å²) in [4.78, 5) is 8.63. The van der Waals surface area contributed by atoms with Crippen LogP contribution in [0.3, 0.4) is 0 Å². The van der Waals surface area contributed by atoms with Gasteiger partial charge in [0.25, 0.3) is 0 Å². The highest BCUT2D eigenvalue weighted by molar-refractivity contribution is 5.88. The highest BCUT2D eigenvalue weighted by atomic mass is 15.1. The summed E-state index contributed by atoms with van der Waals surface area (Å²) < 4.78 is 0. The largest absolute Gasteiger partial charge is 0.313 e. The molecule has 0 aromatic heterocycles. The van der Waals surface area contributed by atoms with Gasteiger partial charge < -0.3 is 10.4 Å². The Morgan fingerprint density at radius 2 is 2.41 bits per heavy atom. The van der Waals surface area contributed by atoms with Crippen molar-refractivity contribution in [1.82, 2.24) is 5.32 Å². The van der Waals surface area contributed by atoms with E-state index in [1.54, 1.807) is 0 Å². The van der Waals surface area contributed by atoms with Gasteiger partial charge in [-0.1, -0.05) is 13.3 Å². The van der Waals surface area contributed by atoms with E-state index in [0.29, 0.717) is 24.5 Å². The molecule has 1 aliphatic rings. The van der Waals surface area contributed by atoms with Crippen molar-refractivity contribution in [2.24, 2.45) is 21.8 Å². The van der Waals surface area contributed by atoms with Gasteiger partial charge in [0, 0.05) is 36.9 Å². The number of nitrogens with zero attached hydrogens (tertiary/aromatic N) is 2. The molecule has 0 saturated heterocycles. The van der Waals surface area contributed by atoms with Crippen LogP contribution < -0.4 is 5.32 Å². The summed E-state index contributed by atoms with van der Waals surface area (Å²) in [6, 6.07) is 0.373. The van der Waals surface area contributed by atoms with E-state index in [1.807, 2.05) is 7.05 Å². The first-order valence-corrected chi connectivity index (χ1v) is 6.40. The molecule has 1 heterocycles. The van der Waals surface area contributed by atoms with Gasteiger partial charge in [0.1, 0.15) is 0 Å². The van der Waals surface area contributed by atoms with Gasteiger partial charge in [-0.15, -0.1) is 0 Å². The van der Waals surface area contributed by atoms with Gasteiger partial charge in [-0.05, 0) is 26.0 Å². The smallest absolute Gasteiger partial charge is 0.0886 e. The van der Waals surface area contributed by atoms with E-state index >= 15 is 0 Å². The number of rotatable bonds is 6.